The lowest BCUT2D eigenvalue weighted by Crippen LogP contribution is -1.62. The highest BCUT2D eigenvalue weighted by atomic mass is 79.9. The van der Waals surface area contributed by atoms with Crippen LogP contribution >= 0.6 is 15.9 Å². The first-order chi connectivity index (χ1) is 4.75. The molecule has 0 spiro atoms. The minimum Gasteiger partial charge on any atom is -0.358 e. The Balaban J connectivity index is 3.17. The van der Waals surface area contributed by atoms with Gasteiger partial charge in [0.05, 0.1) is 0 Å². The van der Waals surface area contributed by atoms with Gasteiger partial charge in [0.15, 0.2) is 0 Å². The van der Waals surface area contributed by atoms with Gasteiger partial charge in [0.25, 0.3) is 0 Å². The second-order valence-electron chi connectivity index (χ2n) is 1.58. The van der Waals surface area contributed by atoms with Crippen molar-refractivity contribution in [1.29, 1.82) is 0 Å². The Labute approximate surface area is 65.1 Å². The summed E-state index contributed by atoms with van der Waals surface area (Å²) in [6.45, 7) is 1.71. The number of nitrogens with zero attached hydrogens (tertiary/aromatic N) is 2. The van der Waals surface area contributed by atoms with E-state index in [1.165, 1.54) is 6.08 Å². The Bertz CT molecular complexity index is 288. The van der Waals surface area contributed by atoms with E-state index < -0.39 is 0 Å². The van der Waals surface area contributed by atoms with E-state index in [-0.39, 0.29) is 5.82 Å². The highest BCUT2D eigenvalue weighted by Crippen LogP contribution is 2.26. The molecule has 0 N–H and O–H groups in total. The number of aliphatic imine (C=N–C) groups is 1. The molecule has 1 heterocycles. The Morgan fingerprint density at radius 3 is 2.90 bits per heavy atom. The predicted molar refractivity (Wildman–Crippen MR) is 36.7 cm³/mol. The molecule has 10 heavy (non-hydrogen) atoms. The summed E-state index contributed by atoms with van der Waals surface area (Å²) in [5.41, 5.74) is 0. The van der Waals surface area contributed by atoms with Crippen molar-refractivity contribution in [3.8, 4) is 0 Å². The van der Waals surface area contributed by atoms with E-state index in [1.54, 1.807) is 6.92 Å². The maximum atomic E-state index is 9.74. The lowest BCUT2D eigenvalue weighted by Gasteiger charge is -1.77. The molecule has 0 aliphatic heterocycles. The topological polar surface area (TPSA) is 55.5 Å². The van der Waals surface area contributed by atoms with Gasteiger partial charge in [0.2, 0.25) is 11.9 Å². The second kappa shape index (κ2) is 2.77. The normalized spacial score (nSPS) is 9.00. The van der Waals surface area contributed by atoms with Crippen molar-refractivity contribution in [1.82, 2.24) is 5.16 Å². The van der Waals surface area contributed by atoms with Crippen molar-refractivity contribution in [2.24, 2.45) is 4.99 Å². The molecule has 0 amide bonds. The zero-order valence-corrected chi connectivity index (χ0v) is 6.67. The van der Waals surface area contributed by atoms with Gasteiger partial charge in [-0.2, -0.15) is 0 Å². The summed E-state index contributed by atoms with van der Waals surface area (Å²) >= 11 is 3.12. The van der Waals surface area contributed by atoms with Gasteiger partial charge in [0.1, 0.15) is 10.2 Å². The van der Waals surface area contributed by atoms with E-state index in [0.29, 0.717) is 10.2 Å². The SMILES string of the molecule is Cc1onc(N=C=O)c1Br. The van der Waals surface area contributed by atoms with Crippen LogP contribution < -0.4 is 0 Å². The number of hydrogen-bond acceptors (Lipinski definition) is 4. The summed E-state index contributed by atoms with van der Waals surface area (Å²) in [5, 5.41) is 3.45. The maximum absolute atomic E-state index is 9.74. The standard InChI is InChI=1S/C5H3BrN2O2/c1-3-4(6)5(7-2-9)8-10-3/h1H3. The lowest BCUT2D eigenvalue weighted by molar-refractivity contribution is 0.398. The summed E-state index contributed by atoms with van der Waals surface area (Å²) in [7, 11) is 0. The number of halogens is 1. The van der Waals surface area contributed by atoms with E-state index in [0.717, 1.165) is 0 Å². The zero-order chi connectivity index (χ0) is 7.56. The summed E-state index contributed by atoms with van der Waals surface area (Å²) in [6, 6.07) is 0. The molecule has 4 nitrogen and oxygen atoms in total. The third-order valence-corrected chi connectivity index (χ3v) is 1.84. The number of isocyanates is 1. The highest BCUT2D eigenvalue weighted by Gasteiger charge is 2.07. The molecule has 1 rings (SSSR count). The van der Waals surface area contributed by atoms with Crippen molar-refractivity contribution >= 4 is 27.8 Å². The molecule has 1 aromatic rings. The van der Waals surface area contributed by atoms with Crippen molar-refractivity contribution < 1.29 is 9.32 Å². The van der Waals surface area contributed by atoms with E-state index in [9.17, 15) is 4.79 Å². The molecule has 1 aromatic heterocycles. The first-order valence-electron chi connectivity index (χ1n) is 2.45. The van der Waals surface area contributed by atoms with Crippen LogP contribution in [0.15, 0.2) is 14.0 Å². The van der Waals surface area contributed by atoms with Crippen LogP contribution in [0.3, 0.4) is 0 Å². The maximum Gasteiger partial charge on any atom is 0.242 e. The third-order valence-electron chi connectivity index (χ3n) is 0.926. The highest BCUT2D eigenvalue weighted by molar-refractivity contribution is 9.10. The Kier molecular flexibility index (Phi) is 1.99. The lowest BCUT2D eigenvalue weighted by atomic mass is 10.5. The fraction of sp³-hybridized carbons (Fsp3) is 0.200. The number of aromatic nitrogens is 1. The van der Waals surface area contributed by atoms with Gasteiger partial charge < -0.3 is 4.52 Å². The van der Waals surface area contributed by atoms with Crippen molar-refractivity contribution in [2.75, 3.05) is 0 Å². The van der Waals surface area contributed by atoms with Crippen LogP contribution in [0, 0.1) is 6.92 Å². The van der Waals surface area contributed by atoms with Gasteiger partial charge in [0, 0.05) is 0 Å². The Hall–Kier alpha value is -0.930. The van der Waals surface area contributed by atoms with E-state index >= 15 is 0 Å². The smallest absolute Gasteiger partial charge is 0.242 e. The third kappa shape index (κ3) is 1.15. The monoisotopic (exact) mass is 202 g/mol. The molecule has 0 aliphatic carbocycles. The Morgan fingerprint density at radius 1 is 1.80 bits per heavy atom. The van der Waals surface area contributed by atoms with Crippen molar-refractivity contribution in [3.05, 3.63) is 10.2 Å². The van der Waals surface area contributed by atoms with E-state index in [2.05, 4.69) is 30.6 Å². The number of hydrogen-bond donors (Lipinski definition) is 0. The van der Waals surface area contributed by atoms with Gasteiger partial charge in [-0.15, -0.1) is 4.99 Å². The molecule has 0 aromatic carbocycles. The summed E-state index contributed by atoms with van der Waals surface area (Å²) in [6.07, 6.45) is 1.36. The molecular formula is C5H3BrN2O2. The van der Waals surface area contributed by atoms with Crippen LogP contribution in [0.5, 0.6) is 0 Å². The van der Waals surface area contributed by atoms with Gasteiger partial charge in [-0.1, -0.05) is 5.16 Å². The van der Waals surface area contributed by atoms with Gasteiger partial charge >= 0.3 is 0 Å². The number of aryl methyl sites for hydroxylation is 1. The van der Waals surface area contributed by atoms with Crippen LogP contribution in [0.2, 0.25) is 0 Å². The summed E-state index contributed by atoms with van der Waals surface area (Å²) < 4.78 is 5.27. The van der Waals surface area contributed by atoms with Gasteiger partial charge in [-0.3, -0.25) is 0 Å². The van der Waals surface area contributed by atoms with E-state index in [1.807, 2.05) is 0 Å². The molecule has 0 fully saturated rings. The largest absolute Gasteiger partial charge is 0.358 e. The average molecular weight is 203 g/mol. The minimum absolute atomic E-state index is 0.229. The quantitative estimate of drug-likeness (QED) is 0.515. The van der Waals surface area contributed by atoms with Crippen LogP contribution in [0.1, 0.15) is 5.76 Å². The molecule has 0 atom stereocenters. The van der Waals surface area contributed by atoms with Crippen molar-refractivity contribution in [3.63, 3.8) is 0 Å². The van der Waals surface area contributed by atoms with Crippen LogP contribution in [0.4, 0.5) is 5.82 Å². The molecule has 0 saturated carbocycles. The first-order valence-corrected chi connectivity index (χ1v) is 3.24. The van der Waals surface area contributed by atoms with Gasteiger partial charge in [-0.05, 0) is 22.9 Å². The fourth-order valence-electron chi connectivity index (χ4n) is 0.462. The van der Waals surface area contributed by atoms with Gasteiger partial charge in [-0.25, -0.2) is 4.79 Å². The van der Waals surface area contributed by atoms with Crippen LogP contribution in [0.25, 0.3) is 0 Å². The van der Waals surface area contributed by atoms with Crippen LogP contribution in [-0.4, -0.2) is 11.2 Å². The number of rotatable bonds is 1. The molecule has 0 unspecified atom stereocenters. The molecule has 0 radical (unpaired) electrons. The summed E-state index contributed by atoms with van der Waals surface area (Å²) in [4.78, 5) is 13.0. The minimum atomic E-state index is 0.229. The van der Waals surface area contributed by atoms with Crippen LogP contribution in [-0.2, 0) is 4.79 Å². The fourth-order valence-corrected chi connectivity index (χ4v) is 0.695. The zero-order valence-electron chi connectivity index (χ0n) is 5.09. The molecule has 52 valence electrons. The molecular weight excluding hydrogens is 200 g/mol. The second-order valence-corrected chi connectivity index (χ2v) is 2.37. The summed E-state index contributed by atoms with van der Waals surface area (Å²) in [5.74, 6) is 0.821. The first kappa shape index (κ1) is 7.18. The number of carbonyl (C=O) groups excluding carboxylic acids is 1. The molecule has 0 aliphatic rings. The Morgan fingerprint density at radius 2 is 2.50 bits per heavy atom. The van der Waals surface area contributed by atoms with Crippen molar-refractivity contribution in [2.45, 2.75) is 6.92 Å². The average Bonchev–Trinajstić information content (AvgIpc) is 2.20. The molecule has 5 heteroatoms. The van der Waals surface area contributed by atoms with E-state index in [4.69, 9.17) is 0 Å². The molecule has 0 saturated heterocycles. The molecule has 0 bridgehead atoms. The predicted octanol–water partition coefficient (Wildman–Crippen LogP) is 1.71.